The fourth-order valence-corrected chi connectivity index (χ4v) is 6.44. The minimum atomic E-state index is -0.00292. The molecule has 3 heterocycles. The van der Waals surface area contributed by atoms with Crippen molar-refractivity contribution in [3.8, 4) is 17.1 Å². The number of fused-ring (bicyclic) bond motifs is 3. The molecule has 0 radical (unpaired) electrons. The highest BCUT2D eigenvalue weighted by Crippen LogP contribution is 2.42. The Balaban J connectivity index is 1.60. The van der Waals surface area contributed by atoms with Gasteiger partial charge < -0.3 is 9.55 Å². The lowest BCUT2D eigenvalue weighted by atomic mass is 9.72. The number of thiophene rings is 1. The number of aromatic amines is 1. The molecule has 5 rings (SSSR count). The summed E-state index contributed by atoms with van der Waals surface area (Å²) in [6, 6.07) is 10.7. The molecule has 32 heavy (non-hydrogen) atoms. The fraction of sp³-hybridized carbons (Fsp3) is 0.407. The van der Waals surface area contributed by atoms with Gasteiger partial charge in [0.1, 0.15) is 10.7 Å². The van der Waals surface area contributed by atoms with Crippen molar-refractivity contribution >= 4 is 21.6 Å². The van der Waals surface area contributed by atoms with E-state index in [4.69, 9.17) is 4.98 Å². The molecule has 1 unspecified atom stereocenters. The number of aromatic nitrogens is 3. The van der Waals surface area contributed by atoms with Crippen molar-refractivity contribution in [2.45, 2.75) is 60.8 Å². The molecule has 1 atom stereocenters. The van der Waals surface area contributed by atoms with Crippen LogP contribution in [0.1, 0.15) is 54.6 Å². The third-order valence-electron chi connectivity index (χ3n) is 7.12. The summed E-state index contributed by atoms with van der Waals surface area (Å²) in [4.78, 5) is 23.5. The first kappa shape index (κ1) is 21.2. The van der Waals surface area contributed by atoms with E-state index in [0.29, 0.717) is 11.7 Å². The van der Waals surface area contributed by atoms with E-state index in [0.717, 1.165) is 52.1 Å². The van der Waals surface area contributed by atoms with Crippen molar-refractivity contribution in [1.29, 1.82) is 0 Å². The summed E-state index contributed by atoms with van der Waals surface area (Å²) in [6.45, 7) is 13.3. The standard InChI is InChI=1S/C27H31N3OS/c1-15-7-10-19(11-8-15)30-16(2)13-21(17(30)3)24-28-25(31)23-20-12-9-18(27(4,5)6)14-22(20)32-26(23)29-24/h7-8,10-11,13,18H,9,12,14H2,1-6H3,(H,28,29,31). The first-order chi connectivity index (χ1) is 15.1. The van der Waals surface area contributed by atoms with Gasteiger partial charge in [-0.05, 0) is 75.1 Å². The van der Waals surface area contributed by atoms with Crippen LogP contribution in [0.15, 0.2) is 35.1 Å². The molecule has 0 amide bonds. The number of hydrogen-bond acceptors (Lipinski definition) is 3. The van der Waals surface area contributed by atoms with Crippen molar-refractivity contribution in [2.75, 3.05) is 0 Å². The first-order valence-electron chi connectivity index (χ1n) is 11.4. The first-order valence-corrected chi connectivity index (χ1v) is 12.3. The topological polar surface area (TPSA) is 50.7 Å². The quantitative estimate of drug-likeness (QED) is 0.382. The normalized spacial score (nSPS) is 16.5. The van der Waals surface area contributed by atoms with E-state index in [-0.39, 0.29) is 11.0 Å². The van der Waals surface area contributed by atoms with Gasteiger partial charge in [0.15, 0.2) is 0 Å². The van der Waals surface area contributed by atoms with Gasteiger partial charge in [-0.25, -0.2) is 4.98 Å². The van der Waals surface area contributed by atoms with Gasteiger partial charge in [0, 0.05) is 27.5 Å². The lowest BCUT2D eigenvalue weighted by molar-refractivity contribution is 0.218. The Morgan fingerprint density at radius 2 is 1.84 bits per heavy atom. The summed E-state index contributed by atoms with van der Waals surface area (Å²) < 4.78 is 2.23. The maximum atomic E-state index is 13.2. The van der Waals surface area contributed by atoms with Crippen LogP contribution in [0.5, 0.6) is 0 Å². The summed E-state index contributed by atoms with van der Waals surface area (Å²) in [6.07, 6.45) is 3.17. The largest absolute Gasteiger partial charge is 0.318 e. The number of nitrogens with one attached hydrogen (secondary N) is 1. The van der Waals surface area contributed by atoms with Gasteiger partial charge in [-0.2, -0.15) is 0 Å². The predicted octanol–water partition coefficient (Wildman–Crippen LogP) is 6.52. The second-order valence-corrected chi connectivity index (χ2v) is 11.4. The van der Waals surface area contributed by atoms with Gasteiger partial charge in [-0.3, -0.25) is 4.79 Å². The zero-order valence-corrected chi connectivity index (χ0v) is 20.6. The number of rotatable bonds is 2. The third kappa shape index (κ3) is 3.43. The van der Waals surface area contributed by atoms with Crippen LogP contribution in [0.2, 0.25) is 0 Å². The molecule has 0 aliphatic heterocycles. The smallest absolute Gasteiger partial charge is 0.260 e. The molecule has 5 heteroatoms. The molecule has 1 aliphatic carbocycles. The van der Waals surface area contributed by atoms with Crippen LogP contribution in [0, 0.1) is 32.1 Å². The molecule has 0 saturated heterocycles. The molecule has 0 fully saturated rings. The Kier molecular flexibility index (Phi) is 4.93. The van der Waals surface area contributed by atoms with Gasteiger partial charge in [-0.1, -0.05) is 38.5 Å². The summed E-state index contributed by atoms with van der Waals surface area (Å²) in [5, 5.41) is 0.813. The second kappa shape index (κ2) is 7.45. The van der Waals surface area contributed by atoms with Gasteiger partial charge in [0.25, 0.3) is 5.56 Å². The predicted molar refractivity (Wildman–Crippen MR) is 134 cm³/mol. The van der Waals surface area contributed by atoms with Crippen molar-refractivity contribution in [1.82, 2.24) is 14.5 Å². The number of hydrogen-bond donors (Lipinski definition) is 1. The zero-order chi connectivity index (χ0) is 22.8. The van der Waals surface area contributed by atoms with E-state index in [1.807, 2.05) is 0 Å². The minimum absolute atomic E-state index is 0.00292. The van der Waals surface area contributed by atoms with Crippen LogP contribution in [0.3, 0.4) is 0 Å². The van der Waals surface area contributed by atoms with Crippen LogP contribution in [0.4, 0.5) is 0 Å². The molecular formula is C27H31N3OS. The third-order valence-corrected chi connectivity index (χ3v) is 8.27. The maximum absolute atomic E-state index is 13.2. The number of H-pyrrole nitrogens is 1. The van der Waals surface area contributed by atoms with E-state index in [1.165, 1.54) is 16.0 Å². The van der Waals surface area contributed by atoms with Crippen LogP contribution >= 0.6 is 11.3 Å². The second-order valence-electron chi connectivity index (χ2n) is 10.4. The summed E-state index contributed by atoms with van der Waals surface area (Å²) in [7, 11) is 0. The molecule has 1 aromatic carbocycles. The van der Waals surface area contributed by atoms with Gasteiger partial charge in [0.05, 0.1) is 5.39 Å². The Bertz CT molecular complexity index is 1380. The molecular weight excluding hydrogens is 414 g/mol. The maximum Gasteiger partial charge on any atom is 0.260 e. The highest BCUT2D eigenvalue weighted by Gasteiger charge is 2.31. The highest BCUT2D eigenvalue weighted by molar-refractivity contribution is 7.18. The van der Waals surface area contributed by atoms with Gasteiger partial charge in [0.2, 0.25) is 0 Å². The Morgan fingerprint density at radius 1 is 1.12 bits per heavy atom. The monoisotopic (exact) mass is 445 g/mol. The number of nitrogens with zero attached hydrogens (tertiary/aromatic N) is 2. The minimum Gasteiger partial charge on any atom is -0.318 e. The van der Waals surface area contributed by atoms with Gasteiger partial charge in [-0.15, -0.1) is 11.3 Å². The average Bonchev–Trinajstić information content (AvgIpc) is 3.24. The van der Waals surface area contributed by atoms with Crippen molar-refractivity contribution in [2.24, 2.45) is 11.3 Å². The molecule has 3 aromatic heterocycles. The van der Waals surface area contributed by atoms with E-state index < -0.39 is 0 Å². The van der Waals surface area contributed by atoms with E-state index in [9.17, 15) is 4.79 Å². The summed E-state index contributed by atoms with van der Waals surface area (Å²) in [5.41, 5.74) is 7.08. The van der Waals surface area contributed by atoms with Crippen molar-refractivity contribution in [3.05, 3.63) is 68.1 Å². The Labute approximate surface area is 193 Å². The molecule has 1 N–H and O–H groups in total. The van der Waals surface area contributed by atoms with Crippen LogP contribution in [0.25, 0.3) is 27.3 Å². The van der Waals surface area contributed by atoms with E-state index in [2.05, 4.69) is 81.4 Å². The van der Waals surface area contributed by atoms with Crippen LogP contribution < -0.4 is 5.56 Å². The molecule has 4 aromatic rings. The molecule has 0 bridgehead atoms. The van der Waals surface area contributed by atoms with E-state index >= 15 is 0 Å². The molecule has 0 saturated carbocycles. The van der Waals surface area contributed by atoms with Crippen molar-refractivity contribution in [3.63, 3.8) is 0 Å². The van der Waals surface area contributed by atoms with E-state index in [1.54, 1.807) is 11.3 Å². The van der Waals surface area contributed by atoms with Crippen LogP contribution in [-0.2, 0) is 12.8 Å². The Morgan fingerprint density at radius 3 is 2.53 bits per heavy atom. The SMILES string of the molecule is Cc1ccc(-n2c(C)cc(-c3nc4sc5c(c4c(=O)[nH]3)CCC(C(C)(C)C)C5)c2C)cc1. The summed E-state index contributed by atoms with van der Waals surface area (Å²) in [5.74, 6) is 1.31. The fourth-order valence-electron chi connectivity index (χ4n) is 5.14. The summed E-state index contributed by atoms with van der Waals surface area (Å²) >= 11 is 1.72. The lowest BCUT2D eigenvalue weighted by Crippen LogP contribution is -2.26. The highest BCUT2D eigenvalue weighted by atomic mass is 32.1. The lowest BCUT2D eigenvalue weighted by Gasteiger charge is -2.33. The molecule has 1 aliphatic rings. The molecule has 0 spiro atoms. The number of benzene rings is 1. The van der Waals surface area contributed by atoms with Crippen LogP contribution in [-0.4, -0.2) is 14.5 Å². The van der Waals surface area contributed by atoms with Crippen molar-refractivity contribution < 1.29 is 0 Å². The number of aryl methyl sites for hydroxylation is 3. The zero-order valence-electron chi connectivity index (χ0n) is 19.8. The average molecular weight is 446 g/mol. The Hall–Kier alpha value is -2.66. The molecule has 166 valence electrons. The van der Waals surface area contributed by atoms with Gasteiger partial charge >= 0.3 is 0 Å². The molecule has 4 nitrogen and oxygen atoms in total.